The normalized spacial score (nSPS) is 16.8. The van der Waals surface area contributed by atoms with Crippen LogP contribution in [-0.2, 0) is 16.0 Å². The molecule has 1 aliphatic heterocycles. The molecule has 1 saturated heterocycles. The molecule has 0 saturated carbocycles. The van der Waals surface area contributed by atoms with Crippen LogP contribution in [0, 0.1) is 6.92 Å². The molecule has 1 N–H and O–H groups in total. The van der Waals surface area contributed by atoms with E-state index in [1.165, 1.54) is 0 Å². The van der Waals surface area contributed by atoms with Crippen LogP contribution in [0.1, 0.15) is 23.5 Å². The summed E-state index contributed by atoms with van der Waals surface area (Å²) in [7, 11) is 0. The second-order valence-corrected chi connectivity index (χ2v) is 5.77. The number of carbonyl (C=O) groups is 1. The number of hydrogen-bond acceptors (Lipinski definition) is 5. The van der Waals surface area contributed by atoms with Gasteiger partial charge in [0.25, 0.3) is 0 Å². The van der Waals surface area contributed by atoms with Gasteiger partial charge in [-0.3, -0.25) is 4.79 Å². The maximum Gasteiger partial charge on any atom is 0.228 e. The Balaban J connectivity index is 1.76. The summed E-state index contributed by atoms with van der Waals surface area (Å²) in [6, 6.07) is 0. The lowest BCUT2D eigenvalue weighted by atomic mass is 10.1. The van der Waals surface area contributed by atoms with Gasteiger partial charge in [-0.1, -0.05) is 0 Å². The van der Waals surface area contributed by atoms with Crippen molar-refractivity contribution < 1.29 is 14.6 Å². The number of rotatable bonds is 5. The standard InChI is InChI=1S/C13H20N2O3S/c1-10-14-11(9-19-10)8-13(17)15-4-2-12(3-5-15)18-7-6-16/h9,12,16H,2-8H2,1H3. The molecule has 1 aromatic heterocycles. The second-order valence-electron chi connectivity index (χ2n) is 4.71. The molecular formula is C13H20N2O3S. The summed E-state index contributed by atoms with van der Waals surface area (Å²) >= 11 is 1.58. The summed E-state index contributed by atoms with van der Waals surface area (Å²) < 4.78 is 5.48. The van der Waals surface area contributed by atoms with Gasteiger partial charge in [-0.2, -0.15) is 0 Å². The maximum absolute atomic E-state index is 12.1. The molecule has 106 valence electrons. The monoisotopic (exact) mass is 284 g/mol. The van der Waals surface area contributed by atoms with E-state index in [1.807, 2.05) is 17.2 Å². The molecule has 5 nitrogen and oxygen atoms in total. The van der Waals surface area contributed by atoms with Crippen LogP contribution in [0.15, 0.2) is 5.38 Å². The predicted molar refractivity (Wildman–Crippen MR) is 73.2 cm³/mol. The Morgan fingerprint density at radius 2 is 2.32 bits per heavy atom. The zero-order valence-corrected chi connectivity index (χ0v) is 12.0. The van der Waals surface area contributed by atoms with Crippen LogP contribution in [-0.4, -0.2) is 53.3 Å². The van der Waals surface area contributed by atoms with E-state index >= 15 is 0 Å². The van der Waals surface area contributed by atoms with Crippen LogP contribution in [0.5, 0.6) is 0 Å². The Bertz CT molecular complexity index is 414. The number of aromatic nitrogens is 1. The number of hydrogen-bond donors (Lipinski definition) is 1. The SMILES string of the molecule is Cc1nc(CC(=O)N2CCC(OCCO)CC2)cs1. The van der Waals surface area contributed by atoms with Gasteiger partial charge in [-0.25, -0.2) is 4.98 Å². The predicted octanol–water partition coefficient (Wildman–Crippen LogP) is 0.994. The van der Waals surface area contributed by atoms with Gasteiger partial charge in [-0.15, -0.1) is 11.3 Å². The molecule has 2 rings (SSSR count). The van der Waals surface area contributed by atoms with Gasteiger partial charge in [0.05, 0.1) is 36.4 Å². The van der Waals surface area contributed by atoms with Gasteiger partial charge in [0, 0.05) is 18.5 Å². The van der Waals surface area contributed by atoms with Crippen molar-refractivity contribution in [3.8, 4) is 0 Å². The maximum atomic E-state index is 12.1. The van der Waals surface area contributed by atoms with Crippen molar-refractivity contribution in [3.63, 3.8) is 0 Å². The quantitative estimate of drug-likeness (QED) is 0.876. The van der Waals surface area contributed by atoms with Crippen LogP contribution in [0.3, 0.4) is 0 Å². The van der Waals surface area contributed by atoms with E-state index in [2.05, 4.69) is 4.98 Å². The minimum atomic E-state index is 0.0579. The molecular weight excluding hydrogens is 264 g/mol. The van der Waals surface area contributed by atoms with Crippen molar-refractivity contribution in [1.29, 1.82) is 0 Å². The number of aryl methyl sites for hydroxylation is 1. The highest BCUT2D eigenvalue weighted by molar-refractivity contribution is 7.09. The van der Waals surface area contributed by atoms with Crippen LogP contribution < -0.4 is 0 Å². The van der Waals surface area contributed by atoms with E-state index < -0.39 is 0 Å². The van der Waals surface area contributed by atoms with E-state index in [1.54, 1.807) is 11.3 Å². The Morgan fingerprint density at radius 3 is 2.89 bits per heavy atom. The van der Waals surface area contributed by atoms with Gasteiger partial charge in [-0.05, 0) is 19.8 Å². The summed E-state index contributed by atoms with van der Waals surface area (Å²) in [6.45, 7) is 3.86. The lowest BCUT2D eigenvalue weighted by Gasteiger charge is -2.31. The van der Waals surface area contributed by atoms with Gasteiger partial charge in [0.2, 0.25) is 5.91 Å². The molecule has 1 aliphatic rings. The number of aliphatic hydroxyl groups is 1. The number of thiazole rings is 1. The molecule has 1 fully saturated rings. The average molecular weight is 284 g/mol. The first-order valence-electron chi connectivity index (χ1n) is 6.60. The van der Waals surface area contributed by atoms with Crippen molar-refractivity contribution in [1.82, 2.24) is 9.88 Å². The van der Waals surface area contributed by atoms with Crippen molar-refractivity contribution >= 4 is 17.2 Å². The highest BCUT2D eigenvalue weighted by Gasteiger charge is 2.23. The van der Waals surface area contributed by atoms with E-state index in [-0.39, 0.29) is 18.6 Å². The second kappa shape index (κ2) is 6.98. The zero-order valence-electron chi connectivity index (χ0n) is 11.2. The minimum Gasteiger partial charge on any atom is -0.394 e. The van der Waals surface area contributed by atoms with E-state index in [0.717, 1.165) is 36.6 Å². The molecule has 0 spiro atoms. The average Bonchev–Trinajstić information content (AvgIpc) is 2.82. The highest BCUT2D eigenvalue weighted by atomic mass is 32.1. The number of piperidine rings is 1. The molecule has 1 aromatic rings. The van der Waals surface area contributed by atoms with E-state index in [4.69, 9.17) is 9.84 Å². The van der Waals surface area contributed by atoms with Crippen molar-refractivity contribution in [3.05, 3.63) is 16.1 Å². The lowest BCUT2D eigenvalue weighted by Crippen LogP contribution is -2.41. The number of nitrogens with zero attached hydrogens (tertiary/aromatic N) is 2. The third-order valence-corrected chi connectivity index (χ3v) is 4.06. The lowest BCUT2D eigenvalue weighted by molar-refractivity contribution is -0.133. The van der Waals surface area contributed by atoms with Crippen molar-refractivity contribution in [2.75, 3.05) is 26.3 Å². The number of likely N-dealkylation sites (tertiary alicyclic amines) is 1. The summed E-state index contributed by atoms with van der Waals surface area (Å²) in [5.41, 5.74) is 0.867. The van der Waals surface area contributed by atoms with Crippen molar-refractivity contribution in [2.45, 2.75) is 32.3 Å². The van der Waals surface area contributed by atoms with E-state index in [9.17, 15) is 4.79 Å². The molecule has 0 radical (unpaired) electrons. The summed E-state index contributed by atoms with van der Waals surface area (Å²) in [6.07, 6.45) is 2.27. The number of ether oxygens (including phenoxy) is 1. The first-order chi connectivity index (χ1) is 9.19. The fourth-order valence-corrected chi connectivity index (χ4v) is 2.86. The highest BCUT2D eigenvalue weighted by Crippen LogP contribution is 2.15. The molecule has 19 heavy (non-hydrogen) atoms. The fraction of sp³-hybridized carbons (Fsp3) is 0.692. The molecule has 0 aliphatic carbocycles. The van der Waals surface area contributed by atoms with Crippen LogP contribution >= 0.6 is 11.3 Å². The minimum absolute atomic E-state index is 0.0579. The summed E-state index contributed by atoms with van der Waals surface area (Å²) in [5.74, 6) is 0.144. The Labute approximate surface area is 117 Å². The first-order valence-corrected chi connectivity index (χ1v) is 7.48. The number of amides is 1. The Hall–Kier alpha value is -0.980. The molecule has 0 unspecified atom stereocenters. The molecule has 6 heteroatoms. The molecule has 2 heterocycles. The fourth-order valence-electron chi connectivity index (χ4n) is 2.25. The topological polar surface area (TPSA) is 62.7 Å². The molecule has 0 aromatic carbocycles. The van der Waals surface area contributed by atoms with Gasteiger partial charge >= 0.3 is 0 Å². The van der Waals surface area contributed by atoms with Gasteiger partial charge < -0.3 is 14.7 Å². The molecule has 0 atom stereocenters. The van der Waals surface area contributed by atoms with Crippen LogP contribution in [0.25, 0.3) is 0 Å². The van der Waals surface area contributed by atoms with Crippen LogP contribution in [0.2, 0.25) is 0 Å². The smallest absolute Gasteiger partial charge is 0.228 e. The van der Waals surface area contributed by atoms with Gasteiger partial charge in [0.1, 0.15) is 0 Å². The zero-order chi connectivity index (χ0) is 13.7. The summed E-state index contributed by atoms with van der Waals surface area (Å²) in [5, 5.41) is 11.7. The van der Waals surface area contributed by atoms with E-state index in [0.29, 0.717) is 13.0 Å². The first kappa shape index (κ1) is 14.4. The van der Waals surface area contributed by atoms with Crippen molar-refractivity contribution in [2.24, 2.45) is 0 Å². The third kappa shape index (κ3) is 4.26. The third-order valence-electron chi connectivity index (χ3n) is 3.24. The Kier molecular flexibility index (Phi) is 5.30. The largest absolute Gasteiger partial charge is 0.394 e. The molecule has 0 bridgehead atoms. The molecule has 1 amide bonds. The number of aliphatic hydroxyl groups excluding tert-OH is 1. The van der Waals surface area contributed by atoms with Gasteiger partial charge in [0.15, 0.2) is 0 Å². The Morgan fingerprint density at radius 1 is 1.58 bits per heavy atom. The summed E-state index contributed by atoms with van der Waals surface area (Å²) in [4.78, 5) is 18.3. The number of carbonyl (C=O) groups excluding carboxylic acids is 1. The van der Waals surface area contributed by atoms with Crippen LogP contribution in [0.4, 0.5) is 0 Å².